The number of piperidine rings is 1. The van der Waals surface area contributed by atoms with Crippen LogP contribution in [0.2, 0.25) is 0 Å². The molecule has 2 rings (SSSR count). The molecule has 1 atom stereocenters. The van der Waals surface area contributed by atoms with Crippen LogP contribution in [0.25, 0.3) is 0 Å². The van der Waals surface area contributed by atoms with E-state index in [1.54, 1.807) is 0 Å². The van der Waals surface area contributed by atoms with E-state index in [0.717, 1.165) is 36.0 Å². The van der Waals surface area contributed by atoms with Crippen LogP contribution >= 0.6 is 15.9 Å². The lowest BCUT2D eigenvalue weighted by Crippen LogP contribution is -2.42. The zero-order chi connectivity index (χ0) is 12.3. The fourth-order valence-electron chi connectivity index (χ4n) is 2.37. The number of aliphatic hydroxyl groups excluding tert-OH is 1. The van der Waals surface area contributed by atoms with E-state index in [2.05, 4.69) is 26.9 Å². The number of nitriles is 1. The molecule has 1 unspecified atom stereocenters. The van der Waals surface area contributed by atoms with Crippen LogP contribution in [0.15, 0.2) is 22.7 Å². The van der Waals surface area contributed by atoms with Crippen LogP contribution < -0.4 is 4.90 Å². The van der Waals surface area contributed by atoms with Crippen molar-refractivity contribution in [1.29, 1.82) is 5.26 Å². The Balaban J connectivity index is 2.38. The standard InChI is InChI=1S/C13H15BrN2O/c14-12-5-3-6-13(11(12)8-15)16-7-2-1-4-10(16)9-17/h3,5-6,10,17H,1-2,4,7,9H2. The molecule has 1 aliphatic heterocycles. The molecule has 1 heterocycles. The number of benzene rings is 1. The van der Waals surface area contributed by atoms with Crippen LogP contribution in [0.5, 0.6) is 0 Å². The first-order valence-corrected chi connectivity index (χ1v) is 6.63. The molecule has 3 nitrogen and oxygen atoms in total. The van der Waals surface area contributed by atoms with Gasteiger partial charge >= 0.3 is 0 Å². The second kappa shape index (κ2) is 5.52. The van der Waals surface area contributed by atoms with Gasteiger partial charge in [-0.05, 0) is 47.3 Å². The highest BCUT2D eigenvalue weighted by Crippen LogP contribution is 2.31. The number of aliphatic hydroxyl groups is 1. The highest BCUT2D eigenvalue weighted by Gasteiger charge is 2.24. The summed E-state index contributed by atoms with van der Waals surface area (Å²) in [6.45, 7) is 1.06. The number of halogens is 1. The van der Waals surface area contributed by atoms with Crippen molar-refractivity contribution in [1.82, 2.24) is 0 Å². The molecule has 1 aromatic rings. The third-order valence-electron chi connectivity index (χ3n) is 3.25. The van der Waals surface area contributed by atoms with Gasteiger partial charge in [-0.3, -0.25) is 0 Å². The van der Waals surface area contributed by atoms with Gasteiger partial charge in [0.25, 0.3) is 0 Å². The SMILES string of the molecule is N#Cc1c(Br)cccc1N1CCCCC1CO. The molecule has 1 fully saturated rings. The topological polar surface area (TPSA) is 47.3 Å². The van der Waals surface area contributed by atoms with Crippen molar-refractivity contribution in [3.63, 3.8) is 0 Å². The predicted molar refractivity (Wildman–Crippen MR) is 70.9 cm³/mol. The van der Waals surface area contributed by atoms with Gasteiger partial charge in [0, 0.05) is 11.0 Å². The van der Waals surface area contributed by atoms with Gasteiger partial charge in [-0.25, -0.2) is 0 Å². The summed E-state index contributed by atoms with van der Waals surface area (Å²) in [4.78, 5) is 2.16. The second-order valence-corrected chi connectivity index (χ2v) is 5.13. The highest BCUT2D eigenvalue weighted by atomic mass is 79.9. The van der Waals surface area contributed by atoms with E-state index in [0.29, 0.717) is 5.56 Å². The minimum Gasteiger partial charge on any atom is -0.394 e. The molecule has 0 aliphatic carbocycles. The largest absolute Gasteiger partial charge is 0.394 e. The molecule has 0 saturated carbocycles. The quantitative estimate of drug-likeness (QED) is 0.912. The van der Waals surface area contributed by atoms with Crippen LogP contribution in [-0.4, -0.2) is 24.3 Å². The van der Waals surface area contributed by atoms with Gasteiger partial charge in [-0.1, -0.05) is 6.07 Å². The molecule has 90 valence electrons. The highest BCUT2D eigenvalue weighted by molar-refractivity contribution is 9.10. The summed E-state index contributed by atoms with van der Waals surface area (Å²) in [6, 6.07) is 8.14. The lowest BCUT2D eigenvalue weighted by molar-refractivity contribution is 0.240. The fraction of sp³-hybridized carbons (Fsp3) is 0.462. The Kier molecular flexibility index (Phi) is 4.03. The third kappa shape index (κ3) is 2.46. The van der Waals surface area contributed by atoms with Crippen LogP contribution in [0.4, 0.5) is 5.69 Å². The summed E-state index contributed by atoms with van der Waals surface area (Å²) in [7, 11) is 0. The summed E-state index contributed by atoms with van der Waals surface area (Å²) >= 11 is 3.40. The first-order valence-electron chi connectivity index (χ1n) is 5.84. The molecule has 1 N–H and O–H groups in total. The molecular weight excluding hydrogens is 280 g/mol. The van der Waals surface area contributed by atoms with E-state index in [1.807, 2.05) is 18.2 Å². The van der Waals surface area contributed by atoms with E-state index < -0.39 is 0 Å². The van der Waals surface area contributed by atoms with Gasteiger partial charge in [0.15, 0.2) is 0 Å². The van der Waals surface area contributed by atoms with Gasteiger partial charge in [0.05, 0.1) is 23.9 Å². The maximum Gasteiger partial charge on any atom is 0.103 e. The second-order valence-electron chi connectivity index (χ2n) is 4.27. The lowest BCUT2D eigenvalue weighted by atomic mass is 10.0. The fourth-order valence-corrected chi connectivity index (χ4v) is 2.81. The van der Waals surface area contributed by atoms with E-state index in [4.69, 9.17) is 0 Å². The Bertz CT molecular complexity index is 442. The van der Waals surface area contributed by atoms with Crippen LogP contribution in [0, 0.1) is 11.3 Å². The average Bonchev–Trinajstić information content (AvgIpc) is 2.38. The number of rotatable bonds is 2. The van der Waals surface area contributed by atoms with E-state index in [-0.39, 0.29) is 12.6 Å². The molecule has 17 heavy (non-hydrogen) atoms. The van der Waals surface area contributed by atoms with E-state index >= 15 is 0 Å². The van der Waals surface area contributed by atoms with E-state index in [1.165, 1.54) is 0 Å². The Morgan fingerprint density at radius 1 is 1.47 bits per heavy atom. The summed E-state index contributed by atoms with van der Waals surface area (Å²) in [5.41, 5.74) is 1.59. The van der Waals surface area contributed by atoms with Gasteiger partial charge in [0.2, 0.25) is 0 Å². The van der Waals surface area contributed by atoms with Crippen LogP contribution in [-0.2, 0) is 0 Å². The first kappa shape index (κ1) is 12.4. The molecule has 0 bridgehead atoms. The average molecular weight is 295 g/mol. The molecular formula is C13H15BrN2O. The molecule has 1 aliphatic rings. The van der Waals surface area contributed by atoms with Crippen molar-refractivity contribution in [3.05, 3.63) is 28.2 Å². The maximum absolute atomic E-state index is 9.42. The van der Waals surface area contributed by atoms with Crippen molar-refractivity contribution in [2.45, 2.75) is 25.3 Å². The third-order valence-corrected chi connectivity index (χ3v) is 3.91. The van der Waals surface area contributed by atoms with Crippen molar-refractivity contribution in [3.8, 4) is 6.07 Å². The van der Waals surface area contributed by atoms with Crippen molar-refractivity contribution >= 4 is 21.6 Å². The van der Waals surface area contributed by atoms with Gasteiger partial charge in [-0.2, -0.15) is 5.26 Å². The molecule has 0 spiro atoms. The predicted octanol–water partition coefficient (Wildman–Crippen LogP) is 2.67. The van der Waals surface area contributed by atoms with Crippen molar-refractivity contribution < 1.29 is 5.11 Å². The number of nitrogens with zero attached hydrogens (tertiary/aromatic N) is 2. The summed E-state index contributed by atoms with van der Waals surface area (Å²) in [6.07, 6.45) is 3.26. The normalized spacial score (nSPS) is 20.1. The Morgan fingerprint density at radius 2 is 2.29 bits per heavy atom. The maximum atomic E-state index is 9.42. The summed E-state index contributed by atoms with van der Waals surface area (Å²) < 4.78 is 0.819. The monoisotopic (exact) mass is 294 g/mol. The first-order chi connectivity index (χ1) is 8.27. The van der Waals surface area contributed by atoms with Gasteiger partial charge in [0.1, 0.15) is 6.07 Å². The molecule has 0 amide bonds. The summed E-state index contributed by atoms with van der Waals surface area (Å²) in [5.74, 6) is 0. The van der Waals surface area contributed by atoms with Crippen LogP contribution in [0.1, 0.15) is 24.8 Å². The van der Waals surface area contributed by atoms with Gasteiger partial charge in [-0.15, -0.1) is 0 Å². The molecule has 1 saturated heterocycles. The minimum absolute atomic E-state index is 0.144. The minimum atomic E-state index is 0.144. The van der Waals surface area contributed by atoms with E-state index in [9.17, 15) is 10.4 Å². The zero-order valence-electron chi connectivity index (χ0n) is 9.56. The molecule has 1 aromatic carbocycles. The zero-order valence-corrected chi connectivity index (χ0v) is 11.2. The number of hydrogen-bond donors (Lipinski definition) is 1. The van der Waals surface area contributed by atoms with Crippen molar-refractivity contribution in [2.24, 2.45) is 0 Å². The Hall–Kier alpha value is -1.05. The lowest BCUT2D eigenvalue weighted by Gasteiger charge is -2.37. The molecule has 0 radical (unpaired) electrons. The number of hydrogen-bond acceptors (Lipinski definition) is 3. The Morgan fingerprint density at radius 3 is 3.00 bits per heavy atom. The smallest absolute Gasteiger partial charge is 0.103 e. The van der Waals surface area contributed by atoms with Crippen LogP contribution in [0.3, 0.4) is 0 Å². The number of anilines is 1. The van der Waals surface area contributed by atoms with Crippen molar-refractivity contribution in [2.75, 3.05) is 18.1 Å². The molecule has 4 heteroatoms. The van der Waals surface area contributed by atoms with Gasteiger partial charge < -0.3 is 10.0 Å². The summed E-state index contributed by atoms with van der Waals surface area (Å²) in [5, 5.41) is 18.6. The molecule has 0 aromatic heterocycles. The Labute approximate surface area is 110 Å².